The van der Waals surface area contributed by atoms with Crippen LogP contribution in [0.25, 0.3) is 0 Å². The molecule has 0 aliphatic heterocycles. The van der Waals surface area contributed by atoms with Crippen LogP contribution in [0.2, 0.25) is 0 Å². The van der Waals surface area contributed by atoms with Gasteiger partial charge in [0.1, 0.15) is 0 Å². The van der Waals surface area contributed by atoms with Crippen LogP contribution in [0.15, 0.2) is 12.2 Å². The predicted octanol–water partition coefficient (Wildman–Crippen LogP) is 0.630. The molecule has 64 valence electrons. The molecule has 0 fully saturated rings. The lowest BCUT2D eigenvalue weighted by molar-refractivity contribution is 0.672. The van der Waals surface area contributed by atoms with Gasteiger partial charge in [0.2, 0.25) is 0 Å². The molecule has 0 radical (unpaired) electrons. The highest BCUT2D eigenvalue weighted by molar-refractivity contribution is 7.86. The number of hydrogen-bond acceptors (Lipinski definition) is 2. The summed E-state index contributed by atoms with van der Waals surface area (Å²) in [7, 11) is -0.807. The number of alkyl halides is 1. The van der Waals surface area contributed by atoms with Crippen LogP contribution in [0, 0.1) is 0 Å². The predicted molar refractivity (Wildman–Crippen MR) is 49.2 cm³/mol. The van der Waals surface area contributed by atoms with Crippen molar-refractivity contribution in [1.29, 1.82) is 0 Å². The zero-order valence-corrected chi connectivity index (χ0v) is 7.77. The summed E-state index contributed by atoms with van der Waals surface area (Å²) in [5, 5.41) is 0.0526. The third kappa shape index (κ3) is 2.29. The van der Waals surface area contributed by atoms with Crippen LogP contribution in [0.5, 0.6) is 0 Å². The Hall–Kier alpha value is 0.140. The van der Waals surface area contributed by atoms with Crippen molar-refractivity contribution in [2.45, 2.75) is 17.0 Å². The highest BCUT2D eigenvalue weighted by Crippen LogP contribution is 2.21. The molecule has 2 N–H and O–H groups in total. The van der Waals surface area contributed by atoms with Gasteiger partial charge in [-0.2, -0.15) is 0 Å². The first kappa shape index (κ1) is 9.23. The second-order valence-electron chi connectivity index (χ2n) is 2.52. The molecule has 11 heavy (non-hydrogen) atoms. The van der Waals surface area contributed by atoms with Crippen molar-refractivity contribution in [3.05, 3.63) is 12.2 Å². The van der Waals surface area contributed by atoms with Gasteiger partial charge in [0.15, 0.2) is 0 Å². The van der Waals surface area contributed by atoms with E-state index in [2.05, 4.69) is 0 Å². The van der Waals surface area contributed by atoms with Crippen molar-refractivity contribution in [1.82, 2.24) is 0 Å². The van der Waals surface area contributed by atoms with E-state index in [9.17, 15) is 4.21 Å². The van der Waals surface area contributed by atoms with E-state index in [1.165, 1.54) is 0 Å². The summed E-state index contributed by atoms with van der Waals surface area (Å²) in [6.07, 6.45) is 4.59. The molecule has 2 nitrogen and oxygen atoms in total. The molecule has 0 saturated carbocycles. The van der Waals surface area contributed by atoms with E-state index in [0.29, 0.717) is 12.3 Å². The molecule has 1 rings (SSSR count). The SMILES string of the molecule is NCCCS(=O)C1C=CC1Cl. The highest BCUT2D eigenvalue weighted by Gasteiger charge is 2.26. The van der Waals surface area contributed by atoms with Crippen LogP contribution in [0.3, 0.4) is 0 Å². The average Bonchev–Trinajstić information content (AvgIpc) is 1.98. The van der Waals surface area contributed by atoms with Gasteiger partial charge in [0.25, 0.3) is 0 Å². The van der Waals surface area contributed by atoms with Crippen LogP contribution >= 0.6 is 11.6 Å². The lowest BCUT2D eigenvalue weighted by Crippen LogP contribution is -2.31. The van der Waals surface area contributed by atoms with Crippen LogP contribution in [-0.4, -0.2) is 27.1 Å². The topological polar surface area (TPSA) is 43.1 Å². The molecule has 0 aromatic carbocycles. The van der Waals surface area contributed by atoms with Crippen molar-refractivity contribution < 1.29 is 4.21 Å². The molecule has 3 atom stereocenters. The highest BCUT2D eigenvalue weighted by atomic mass is 35.5. The maximum Gasteiger partial charge on any atom is 0.0727 e. The third-order valence-corrected chi connectivity index (χ3v) is 3.97. The number of hydrogen-bond donors (Lipinski definition) is 1. The lowest BCUT2D eigenvalue weighted by Gasteiger charge is -2.22. The Morgan fingerprint density at radius 3 is 2.64 bits per heavy atom. The van der Waals surface area contributed by atoms with Gasteiger partial charge >= 0.3 is 0 Å². The van der Waals surface area contributed by atoms with Crippen molar-refractivity contribution in [3.8, 4) is 0 Å². The molecule has 0 spiro atoms. The van der Waals surface area contributed by atoms with Gasteiger partial charge in [-0.1, -0.05) is 12.2 Å². The molecule has 1 aliphatic carbocycles. The van der Waals surface area contributed by atoms with Crippen molar-refractivity contribution in [3.63, 3.8) is 0 Å². The summed E-state index contributed by atoms with van der Waals surface area (Å²) >= 11 is 5.78. The lowest BCUT2D eigenvalue weighted by atomic mass is 10.1. The molecule has 0 saturated heterocycles. The zero-order chi connectivity index (χ0) is 8.27. The summed E-state index contributed by atoms with van der Waals surface area (Å²) in [4.78, 5) is 0. The first-order valence-electron chi connectivity index (χ1n) is 3.65. The van der Waals surface area contributed by atoms with Crippen LogP contribution in [-0.2, 0) is 10.8 Å². The quantitative estimate of drug-likeness (QED) is 0.526. The Labute approximate surface area is 74.3 Å². The molecular formula is C7H12ClNOS. The molecule has 3 unspecified atom stereocenters. The smallest absolute Gasteiger partial charge is 0.0727 e. The minimum atomic E-state index is -0.807. The minimum Gasteiger partial charge on any atom is -0.330 e. The summed E-state index contributed by atoms with van der Waals surface area (Å²) in [5.41, 5.74) is 5.29. The molecular weight excluding hydrogens is 182 g/mol. The Bertz CT molecular complexity index is 183. The van der Waals surface area contributed by atoms with Gasteiger partial charge in [0.05, 0.1) is 10.6 Å². The molecule has 0 bridgehead atoms. The van der Waals surface area contributed by atoms with Gasteiger partial charge in [-0.15, -0.1) is 11.6 Å². The maximum atomic E-state index is 11.3. The summed E-state index contributed by atoms with van der Waals surface area (Å²) in [6, 6.07) is 0. The molecule has 0 aromatic heterocycles. The van der Waals surface area contributed by atoms with Crippen molar-refractivity contribution in [2.75, 3.05) is 12.3 Å². The first-order chi connectivity index (χ1) is 5.25. The van der Waals surface area contributed by atoms with Crippen LogP contribution < -0.4 is 5.73 Å². The molecule has 4 heteroatoms. The summed E-state index contributed by atoms with van der Waals surface area (Å²) in [6.45, 7) is 0.606. The second kappa shape index (κ2) is 4.24. The number of rotatable bonds is 4. The van der Waals surface area contributed by atoms with E-state index in [4.69, 9.17) is 17.3 Å². The van der Waals surface area contributed by atoms with E-state index < -0.39 is 10.8 Å². The van der Waals surface area contributed by atoms with E-state index in [0.717, 1.165) is 6.42 Å². The van der Waals surface area contributed by atoms with Gasteiger partial charge in [-0.05, 0) is 13.0 Å². The molecule has 0 aromatic rings. The average molecular weight is 194 g/mol. The fraction of sp³-hybridized carbons (Fsp3) is 0.714. The standard InChI is InChI=1S/C7H12ClNOS/c8-6-2-3-7(6)11(10)5-1-4-9/h2-3,6-7H,1,4-5,9H2. The van der Waals surface area contributed by atoms with Crippen molar-refractivity contribution >= 4 is 22.4 Å². The Morgan fingerprint density at radius 1 is 1.55 bits per heavy atom. The third-order valence-electron chi connectivity index (χ3n) is 1.65. The molecule has 0 amide bonds. The van der Waals surface area contributed by atoms with E-state index in [1.54, 1.807) is 0 Å². The fourth-order valence-corrected chi connectivity index (χ4v) is 2.76. The van der Waals surface area contributed by atoms with Crippen LogP contribution in [0.4, 0.5) is 0 Å². The first-order valence-corrected chi connectivity index (χ1v) is 5.47. The number of halogens is 1. The Morgan fingerprint density at radius 2 is 2.27 bits per heavy atom. The van der Waals surface area contributed by atoms with E-state index in [1.807, 2.05) is 12.2 Å². The molecule has 0 heterocycles. The zero-order valence-electron chi connectivity index (χ0n) is 6.20. The largest absolute Gasteiger partial charge is 0.330 e. The van der Waals surface area contributed by atoms with Gasteiger partial charge in [0, 0.05) is 16.6 Å². The van der Waals surface area contributed by atoms with Crippen molar-refractivity contribution in [2.24, 2.45) is 5.73 Å². The van der Waals surface area contributed by atoms with Gasteiger partial charge in [-0.3, -0.25) is 4.21 Å². The summed E-state index contributed by atoms with van der Waals surface area (Å²) < 4.78 is 11.3. The normalized spacial score (nSPS) is 31.5. The number of nitrogens with two attached hydrogens (primary N) is 1. The Kier molecular flexibility index (Phi) is 3.55. The second-order valence-corrected chi connectivity index (χ2v) is 4.74. The minimum absolute atomic E-state index is 0.0198. The Balaban J connectivity index is 2.26. The van der Waals surface area contributed by atoms with Crippen LogP contribution in [0.1, 0.15) is 6.42 Å². The maximum absolute atomic E-state index is 11.3. The fourth-order valence-electron chi connectivity index (χ4n) is 0.880. The van der Waals surface area contributed by atoms with Gasteiger partial charge in [-0.25, -0.2) is 0 Å². The number of allylic oxidation sites excluding steroid dienone is 1. The van der Waals surface area contributed by atoms with E-state index >= 15 is 0 Å². The molecule has 1 aliphatic rings. The monoisotopic (exact) mass is 193 g/mol. The summed E-state index contributed by atoms with van der Waals surface area (Å²) in [5.74, 6) is 0.675. The van der Waals surface area contributed by atoms with Gasteiger partial charge < -0.3 is 5.73 Å². The van der Waals surface area contributed by atoms with E-state index in [-0.39, 0.29) is 10.6 Å².